The van der Waals surface area contributed by atoms with Gasteiger partial charge < -0.3 is 28.4 Å². The Balaban J connectivity index is 0.000000145. The number of ether oxygens (including phenoxy) is 8. The van der Waals surface area contributed by atoms with E-state index >= 15 is 35.9 Å². The zero-order chi connectivity index (χ0) is 60.7. The maximum atomic E-state index is 16.0. The first-order valence-corrected chi connectivity index (χ1v) is 28.8. The molecule has 2 aliphatic carbocycles. The average molecular weight is 1350 g/mol. The first kappa shape index (κ1) is 55.7. The number of alkyl halides is 6. The molecule has 8 heterocycles. The highest BCUT2D eigenvalue weighted by Gasteiger charge is 3.09. The number of halogens is 10. The van der Waals surface area contributed by atoms with Crippen molar-refractivity contribution >= 4 is 90.5 Å². The van der Waals surface area contributed by atoms with Gasteiger partial charge in [0.05, 0.1) is 25.3 Å². The molecule has 26 heteroatoms. The molecular formula is C60H36Br2Cl2F6N2O14. The summed E-state index contributed by atoms with van der Waals surface area (Å²) in [5.74, 6) is -20.3. The van der Waals surface area contributed by atoms with Crippen molar-refractivity contribution in [1.29, 1.82) is 0 Å². The van der Waals surface area contributed by atoms with Crippen molar-refractivity contribution in [3.8, 4) is 11.5 Å². The summed E-state index contributed by atoms with van der Waals surface area (Å²) in [5, 5.41) is 6.20. The fraction of sp³-hybridized carbons (Fsp3) is 0.300. The van der Waals surface area contributed by atoms with E-state index < -0.39 is 116 Å². The van der Waals surface area contributed by atoms with Gasteiger partial charge in [0.15, 0.2) is 11.6 Å². The lowest BCUT2D eigenvalue weighted by molar-refractivity contribution is -0.397. The summed E-state index contributed by atoms with van der Waals surface area (Å²) in [4.78, 5) is 87.0. The lowest BCUT2D eigenvalue weighted by atomic mass is 9.48. The molecule has 0 saturated carbocycles. The van der Waals surface area contributed by atoms with Gasteiger partial charge in [0.2, 0.25) is 11.1 Å². The molecule has 2 N–H and O–H groups in total. The molecule has 16 rings (SSSR count). The number of ketones is 2. The molecule has 6 fully saturated rings. The molecule has 12 atom stereocenters. The van der Waals surface area contributed by atoms with Gasteiger partial charge in [-0.05, 0) is 85.6 Å². The molecule has 8 aliphatic heterocycles. The number of carbonyl (C=O) groups excluding carboxylic acids is 6. The SMILES string of the molecule is CCOC(=O)[C@]12N[C@@H]3c4cc(Cl)ccc4O[C@]45O[C@](C(F)(F)F)(OC1=O)[C@@]2(c1ccc(Br)cc1)[C@]34C(=O)c1ccccc15.CCOC(=O)[C@]12N[C@@H]3c4cc(Cl)ccc4O[C@]45O[C@](C(F)(F)F)(OC1=O)[C@@]2(c1ccc(Br)cc1)[C@]34C(=O)c1ccccc15. The molecule has 2 spiro atoms. The molecule has 16 nitrogen and oxygen atoms in total. The van der Waals surface area contributed by atoms with Gasteiger partial charge in [0.25, 0.3) is 11.6 Å². The highest BCUT2D eigenvalue weighted by atomic mass is 79.9. The molecule has 0 aromatic heterocycles. The van der Waals surface area contributed by atoms with E-state index in [1.807, 2.05) is 0 Å². The number of esters is 4. The van der Waals surface area contributed by atoms with E-state index in [1.54, 1.807) is 12.1 Å². The van der Waals surface area contributed by atoms with E-state index in [9.17, 15) is 19.2 Å². The van der Waals surface area contributed by atoms with Crippen LogP contribution in [0.3, 0.4) is 0 Å². The van der Waals surface area contributed by atoms with Gasteiger partial charge >= 0.3 is 47.8 Å². The third-order valence-corrected chi connectivity index (χ3v) is 20.4. The molecule has 6 aromatic carbocycles. The minimum absolute atomic E-state index is 0.00220. The Bertz CT molecular complexity index is 3900. The Kier molecular flexibility index (Phi) is 11.0. The monoisotopic (exact) mass is 1350 g/mol. The van der Waals surface area contributed by atoms with Crippen LogP contribution in [0.15, 0.2) is 142 Å². The van der Waals surface area contributed by atoms with Crippen molar-refractivity contribution in [1.82, 2.24) is 10.6 Å². The van der Waals surface area contributed by atoms with Gasteiger partial charge in [-0.25, -0.2) is 19.2 Å². The van der Waals surface area contributed by atoms with Crippen LogP contribution in [-0.4, -0.2) is 83.7 Å². The Morgan fingerprint density at radius 2 is 0.895 bits per heavy atom. The van der Waals surface area contributed by atoms with Crippen LogP contribution in [0.25, 0.3) is 0 Å². The molecule has 440 valence electrons. The van der Waals surface area contributed by atoms with E-state index in [0.717, 1.165) is 0 Å². The molecule has 0 bridgehead atoms. The van der Waals surface area contributed by atoms with Crippen molar-refractivity contribution in [3.05, 3.63) is 197 Å². The molecule has 10 aliphatic rings. The van der Waals surface area contributed by atoms with Crippen LogP contribution in [0.4, 0.5) is 26.3 Å². The summed E-state index contributed by atoms with van der Waals surface area (Å²) in [7, 11) is 0. The number of nitrogens with one attached hydrogen (secondary N) is 2. The quantitative estimate of drug-likeness (QED) is 0.0690. The number of rotatable bonds is 6. The predicted octanol–water partition coefficient (Wildman–Crippen LogP) is 10.5. The summed E-state index contributed by atoms with van der Waals surface area (Å²) in [5.41, 5.74) is -16.8. The van der Waals surface area contributed by atoms with Gasteiger partial charge in [-0.2, -0.15) is 26.3 Å². The maximum absolute atomic E-state index is 16.0. The smallest absolute Gasteiger partial charge is 0.456 e. The number of benzene rings is 6. The van der Waals surface area contributed by atoms with Crippen LogP contribution < -0.4 is 20.1 Å². The average Bonchev–Trinajstić information content (AvgIpc) is 1.42. The zero-order valence-corrected chi connectivity index (χ0v) is 48.4. The molecule has 0 unspecified atom stereocenters. The van der Waals surface area contributed by atoms with Crippen molar-refractivity contribution < 1.29 is 93.0 Å². The molecule has 0 radical (unpaired) electrons. The van der Waals surface area contributed by atoms with Crippen LogP contribution in [0, 0.1) is 10.8 Å². The van der Waals surface area contributed by atoms with E-state index in [2.05, 4.69) is 42.5 Å². The highest BCUT2D eigenvalue weighted by Crippen LogP contribution is 2.88. The molecule has 86 heavy (non-hydrogen) atoms. The van der Waals surface area contributed by atoms with E-state index in [1.165, 1.54) is 135 Å². The Labute approximate surface area is 507 Å². The van der Waals surface area contributed by atoms with Gasteiger partial charge in [-0.15, -0.1) is 0 Å². The zero-order valence-electron chi connectivity index (χ0n) is 43.8. The first-order valence-electron chi connectivity index (χ1n) is 26.5. The fourth-order valence-electron chi connectivity index (χ4n) is 16.6. The van der Waals surface area contributed by atoms with Gasteiger partial charge in [-0.3, -0.25) is 29.7 Å². The van der Waals surface area contributed by atoms with Crippen LogP contribution in [0.1, 0.15) is 80.0 Å². The van der Waals surface area contributed by atoms with Crippen LogP contribution in [0.5, 0.6) is 11.5 Å². The van der Waals surface area contributed by atoms with Crippen LogP contribution in [0.2, 0.25) is 10.0 Å². The number of hydrogen-bond acceptors (Lipinski definition) is 16. The first-order chi connectivity index (χ1) is 40.8. The standard InChI is InChI=1S/2C30H18BrClF3NO7/c2*1-2-40-23(38)26-24(39)42-29(30(33,34)35)27(26,14-7-9-15(31)10-8-14)25-21(36-26)18-13-16(32)11-12-20(18)41-28(25,43-29)19-6-4-3-5-17(19)22(25)37/h2*3-13,21,36H,2H2,1H3/t2*21-,25-,26+,27+,28-,29-/m11/s1. The number of carbonyl (C=O) groups is 6. The minimum atomic E-state index is -5.50. The van der Waals surface area contributed by atoms with Gasteiger partial charge in [0, 0.05) is 52.4 Å². The van der Waals surface area contributed by atoms with Crippen molar-refractivity contribution in [2.45, 2.75) is 83.3 Å². The maximum Gasteiger partial charge on any atom is 0.456 e. The Hall–Kier alpha value is -6.90. The largest absolute Gasteiger partial charge is 0.464 e. The Morgan fingerprint density at radius 3 is 1.24 bits per heavy atom. The third kappa shape index (κ3) is 5.42. The van der Waals surface area contributed by atoms with Gasteiger partial charge in [-0.1, -0.05) is 128 Å². The number of fused-ring (bicyclic) bond motifs is 6. The predicted molar refractivity (Wildman–Crippen MR) is 288 cm³/mol. The van der Waals surface area contributed by atoms with E-state index in [0.29, 0.717) is 8.95 Å². The summed E-state index contributed by atoms with van der Waals surface area (Å²) in [6.45, 7) is 2.31. The second kappa shape index (κ2) is 17.0. The van der Waals surface area contributed by atoms with Crippen LogP contribution >= 0.6 is 55.1 Å². The molecule has 0 amide bonds. The normalized spacial score (nSPS) is 35.9. The van der Waals surface area contributed by atoms with E-state index in [4.69, 9.17) is 61.1 Å². The van der Waals surface area contributed by atoms with Crippen molar-refractivity contribution in [2.75, 3.05) is 13.2 Å². The van der Waals surface area contributed by atoms with E-state index in [-0.39, 0.29) is 79.3 Å². The highest BCUT2D eigenvalue weighted by molar-refractivity contribution is 9.10. The summed E-state index contributed by atoms with van der Waals surface area (Å²) in [6.07, 6.45) is -11.0. The van der Waals surface area contributed by atoms with Crippen LogP contribution in [-0.2, 0) is 70.0 Å². The van der Waals surface area contributed by atoms with Gasteiger partial charge in [0.1, 0.15) is 33.2 Å². The number of Topliss-reactive ketones (excluding diaryl/α,β-unsaturated/α-hetero) is 2. The summed E-state index contributed by atoms with van der Waals surface area (Å²) in [6, 6.07) is 28.7. The second-order valence-electron chi connectivity index (χ2n) is 22.0. The minimum Gasteiger partial charge on any atom is -0.464 e. The molecule has 6 aromatic rings. The third-order valence-electron chi connectivity index (χ3n) is 18.9. The summed E-state index contributed by atoms with van der Waals surface area (Å²) < 4.78 is 143. The number of hydrogen-bond donors (Lipinski definition) is 2. The van der Waals surface area contributed by atoms with Crippen molar-refractivity contribution in [2.24, 2.45) is 10.8 Å². The topological polar surface area (TPSA) is 200 Å². The van der Waals surface area contributed by atoms with Crippen molar-refractivity contribution in [3.63, 3.8) is 0 Å². The lowest BCUT2D eigenvalue weighted by Crippen LogP contribution is -2.72. The fourth-order valence-corrected chi connectivity index (χ4v) is 17.5. The summed E-state index contributed by atoms with van der Waals surface area (Å²) >= 11 is 19.4. The lowest BCUT2D eigenvalue weighted by Gasteiger charge is -2.49. The molecular weight excluding hydrogens is 1320 g/mol. The second-order valence-corrected chi connectivity index (χ2v) is 24.7. The molecule has 6 saturated heterocycles. The Morgan fingerprint density at radius 1 is 0.535 bits per heavy atom.